The predicted molar refractivity (Wildman–Crippen MR) is 78.9 cm³/mol. The van der Waals surface area contributed by atoms with Gasteiger partial charge in [0, 0.05) is 12.1 Å². The van der Waals surface area contributed by atoms with Gasteiger partial charge >= 0.3 is 0 Å². The summed E-state index contributed by atoms with van der Waals surface area (Å²) in [5.41, 5.74) is 0. The lowest BCUT2D eigenvalue weighted by Gasteiger charge is -2.34. The van der Waals surface area contributed by atoms with Crippen molar-refractivity contribution in [3.05, 3.63) is 0 Å². The van der Waals surface area contributed by atoms with Crippen molar-refractivity contribution in [2.24, 2.45) is 5.92 Å². The molecule has 2 nitrogen and oxygen atoms in total. The monoisotopic (exact) mass is 252 g/mol. The van der Waals surface area contributed by atoms with E-state index < -0.39 is 0 Å². The van der Waals surface area contributed by atoms with Gasteiger partial charge in [0.2, 0.25) is 0 Å². The highest BCUT2D eigenvalue weighted by Gasteiger charge is 2.21. The topological polar surface area (TPSA) is 15.3 Å². The lowest BCUT2D eigenvalue weighted by Crippen LogP contribution is -2.41. The first-order chi connectivity index (χ1) is 8.77. The van der Waals surface area contributed by atoms with E-state index in [1.807, 2.05) is 0 Å². The second-order valence-corrected chi connectivity index (χ2v) is 6.56. The molecule has 1 aliphatic heterocycles. The van der Waals surface area contributed by atoms with Crippen LogP contribution in [0.3, 0.4) is 0 Å². The van der Waals surface area contributed by atoms with Crippen molar-refractivity contribution in [3.63, 3.8) is 0 Å². The van der Waals surface area contributed by atoms with E-state index in [2.05, 4.69) is 24.1 Å². The normalized spacial score (nSPS) is 34.7. The molecule has 1 N–H and O–H groups in total. The predicted octanol–water partition coefficient (Wildman–Crippen LogP) is 3.42. The fraction of sp³-hybridized carbons (Fsp3) is 1.00. The smallest absolute Gasteiger partial charge is 0.00926 e. The molecule has 2 rings (SSSR count). The Kier molecular flexibility index (Phi) is 5.97. The lowest BCUT2D eigenvalue weighted by atomic mass is 9.86. The molecular formula is C16H32N2. The molecule has 1 aliphatic carbocycles. The van der Waals surface area contributed by atoms with Gasteiger partial charge < -0.3 is 10.2 Å². The molecule has 3 atom stereocenters. The van der Waals surface area contributed by atoms with Crippen LogP contribution in [0.25, 0.3) is 0 Å². The first-order valence-electron chi connectivity index (χ1n) is 8.25. The Hall–Kier alpha value is -0.0800. The van der Waals surface area contributed by atoms with Crippen LogP contribution in [0.15, 0.2) is 0 Å². The fourth-order valence-electron chi connectivity index (χ4n) is 3.68. The highest BCUT2D eigenvalue weighted by Crippen LogP contribution is 2.23. The average molecular weight is 252 g/mol. The number of rotatable bonds is 5. The Morgan fingerprint density at radius 3 is 2.56 bits per heavy atom. The highest BCUT2D eigenvalue weighted by molar-refractivity contribution is 4.78. The van der Waals surface area contributed by atoms with E-state index in [4.69, 9.17) is 0 Å². The Bertz CT molecular complexity index is 205. The van der Waals surface area contributed by atoms with E-state index in [1.165, 1.54) is 71.0 Å². The fourth-order valence-corrected chi connectivity index (χ4v) is 3.68. The van der Waals surface area contributed by atoms with Crippen molar-refractivity contribution in [2.75, 3.05) is 19.6 Å². The minimum atomic E-state index is 0.803. The standard InChI is InChI=1S/C16H32N2/c1-14-8-3-4-10-16(14)17-11-7-13-18-12-6-5-9-15(18)2/h14-17H,3-13H2,1-2H3. The molecule has 0 amide bonds. The van der Waals surface area contributed by atoms with Gasteiger partial charge in [-0.15, -0.1) is 0 Å². The van der Waals surface area contributed by atoms with Crippen molar-refractivity contribution in [1.82, 2.24) is 10.2 Å². The minimum Gasteiger partial charge on any atom is -0.314 e. The van der Waals surface area contributed by atoms with Crippen LogP contribution in [0.2, 0.25) is 0 Å². The molecular weight excluding hydrogens is 220 g/mol. The molecule has 3 unspecified atom stereocenters. The number of likely N-dealkylation sites (tertiary alicyclic amines) is 1. The lowest BCUT2D eigenvalue weighted by molar-refractivity contribution is 0.157. The molecule has 1 saturated heterocycles. The van der Waals surface area contributed by atoms with Crippen molar-refractivity contribution in [1.29, 1.82) is 0 Å². The van der Waals surface area contributed by atoms with Crippen LogP contribution in [0, 0.1) is 5.92 Å². The largest absolute Gasteiger partial charge is 0.314 e. The van der Waals surface area contributed by atoms with Crippen molar-refractivity contribution in [3.8, 4) is 0 Å². The van der Waals surface area contributed by atoms with E-state index >= 15 is 0 Å². The molecule has 0 aromatic heterocycles. The van der Waals surface area contributed by atoms with Gasteiger partial charge in [-0.2, -0.15) is 0 Å². The van der Waals surface area contributed by atoms with Gasteiger partial charge in [0.05, 0.1) is 0 Å². The maximum Gasteiger partial charge on any atom is 0.00926 e. The van der Waals surface area contributed by atoms with Gasteiger partial charge in [0.1, 0.15) is 0 Å². The molecule has 0 bridgehead atoms. The van der Waals surface area contributed by atoms with Crippen LogP contribution in [0.4, 0.5) is 0 Å². The zero-order chi connectivity index (χ0) is 12.8. The molecule has 18 heavy (non-hydrogen) atoms. The molecule has 0 spiro atoms. The number of hydrogen-bond acceptors (Lipinski definition) is 2. The van der Waals surface area contributed by atoms with Crippen LogP contribution >= 0.6 is 0 Å². The Morgan fingerprint density at radius 1 is 1.00 bits per heavy atom. The molecule has 106 valence electrons. The van der Waals surface area contributed by atoms with E-state index in [9.17, 15) is 0 Å². The number of hydrogen-bond donors (Lipinski definition) is 1. The SMILES string of the molecule is CC1CCCCC1NCCCN1CCCCC1C. The summed E-state index contributed by atoms with van der Waals surface area (Å²) in [5.74, 6) is 0.896. The van der Waals surface area contributed by atoms with E-state index in [0.29, 0.717) is 0 Å². The first kappa shape index (κ1) is 14.3. The van der Waals surface area contributed by atoms with Gasteiger partial charge in [-0.05, 0) is 64.6 Å². The summed E-state index contributed by atoms with van der Waals surface area (Å²) in [6.07, 6.45) is 11.3. The molecule has 2 heteroatoms. The van der Waals surface area contributed by atoms with Crippen LogP contribution < -0.4 is 5.32 Å². The third kappa shape index (κ3) is 4.24. The average Bonchev–Trinajstić information content (AvgIpc) is 2.38. The summed E-state index contributed by atoms with van der Waals surface area (Å²) in [5, 5.41) is 3.80. The molecule has 0 aromatic carbocycles. The van der Waals surface area contributed by atoms with E-state index in [-0.39, 0.29) is 0 Å². The van der Waals surface area contributed by atoms with Crippen LogP contribution in [-0.4, -0.2) is 36.6 Å². The van der Waals surface area contributed by atoms with Crippen LogP contribution in [0.5, 0.6) is 0 Å². The molecule has 1 saturated carbocycles. The number of nitrogens with one attached hydrogen (secondary N) is 1. The van der Waals surface area contributed by atoms with Crippen LogP contribution in [-0.2, 0) is 0 Å². The Balaban J connectivity index is 1.57. The molecule has 2 aliphatic rings. The summed E-state index contributed by atoms with van der Waals surface area (Å²) >= 11 is 0. The van der Waals surface area contributed by atoms with Crippen molar-refractivity contribution >= 4 is 0 Å². The molecule has 0 radical (unpaired) electrons. The first-order valence-corrected chi connectivity index (χ1v) is 8.25. The summed E-state index contributed by atoms with van der Waals surface area (Å²) in [4.78, 5) is 2.69. The minimum absolute atomic E-state index is 0.803. The summed E-state index contributed by atoms with van der Waals surface area (Å²) in [7, 11) is 0. The van der Waals surface area contributed by atoms with Gasteiger partial charge in [-0.3, -0.25) is 0 Å². The Labute approximate surface area is 114 Å². The van der Waals surface area contributed by atoms with E-state index in [1.54, 1.807) is 0 Å². The number of piperidine rings is 1. The van der Waals surface area contributed by atoms with Gasteiger partial charge in [-0.1, -0.05) is 26.2 Å². The third-order valence-corrected chi connectivity index (χ3v) is 5.08. The van der Waals surface area contributed by atoms with Crippen LogP contribution in [0.1, 0.15) is 65.2 Å². The van der Waals surface area contributed by atoms with Crippen molar-refractivity contribution in [2.45, 2.75) is 77.3 Å². The maximum absolute atomic E-state index is 3.80. The summed E-state index contributed by atoms with van der Waals surface area (Å²) < 4.78 is 0. The summed E-state index contributed by atoms with van der Waals surface area (Å²) in [6, 6.07) is 1.63. The van der Waals surface area contributed by atoms with Gasteiger partial charge in [0.15, 0.2) is 0 Å². The summed E-state index contributed by atoms with van der Waals surface area (Å²) in [6.45, 7) is 8.67. The van der Waals surface area contributed by atoms with Gasteiger partial charge in [0.25, 0.3) is 0 Å². The maximum atomic E-state index is 3.80. The van der Waals surface area contributed by atoms with Crippen molar-refractivity contribution < 1.29 is 0 Å². The third-order valence-electron chi connectivity index (χ3n) is 5.08. The van der Waals surface area contributed by atoms with Gasteiger partial charge in [-0.25, -0.2) is 0 Å². The zero-order valence-corrected chi connectivity index (χ0v) is 12.5. The van der Waals surface area contributed by atoms with E-state index in [0.717, 1.165) is 18.0 Å². The molecule has 0 aromatic rings. The second kappa shape index (κ2) is 7.49. The second-order valence-electron chi connectivity index (χ2n) is 6.56. The number of nitrogens with zero attached hydrogens (tertiary/aromatic N) is 1. The highest BCUT2D eigenvalue weighted by atomic mass is 15.2. The molecule has 1 heterocycles. The zero-order valence-electron chi connectivity index (χ0n) is 12.5. The quantitative estimate of drug-likeness (QED) is 0.754. The Morgan fingerprint density at radius 2 is 1.78 bits per heavy atom. The molecule has 2 fully saturated rings.